The molecule has 0 spiro atoms. The first kappa shape index (κ1) is 17.3. The van der Waals surface area contributed by atoms with Crippen molar-refractivity contribution in [3.63, 3.8) is 0 Å². The molecule has 3 rings (SSSR count). The minimum absolute atomic E-state index is 0.250. The molecule has 1 saturated heterocycles. The Bertz CT molecular complexity index is 697. The van der Waals surface area contributed by atoms with E-state index in [2.05, 4.69) is 10.2 Å². The van der Waals surface area contributed by atoms with Crippen LogP contribution in [-0.2, 0) is 6.18 Å². The van der Waals surface area contributed by atoms with Gasteiger partial charge in [0.25, 0.3) is 0 Å². The summed E-state index contributed by atoms with van der Waals surface area (Å²) in [6.07, 6.45) is -4.40. The molecular formula is C18H18ClF3N2. The van der Waals surface area contributed by atoms with Crippen molar-refractivity contribution in [3.8, 4) is 0 Å². The number of hydrogen-bond acceptors (Lipinski definition) is 2. The fraction of sp³-hybridized carbons (Fsp3) is 0.333. The summed E-state index contributed by atoms with van der Waals surface area (Å²) < 4.78 is 40.6. The second-order valence-corrected chi connectivity index (χ2v) is 6.20. The summed E-state index contributed by atoms with van der Waals surface area (Å²) in [4.78, 5) is 2.06. The van der Waals surface area contributed by atoms with Crippen LogP contribution in [0.25, 0.3) is 0 Å². The second kappa shape index (κ2) is 7.13. The molecule has 1 atom stereocenters. The fourth-order valence-corrected chi connectivity index (χ4v) is 3.43. The molecule has 6 heteroatoms. The maximum atomic E-state index is 13.5. The minimum atomic E-state index is -4.40. The van der Waals surface area contributed by atoms with Crippen LogP contribution in [0.2, 0.25) is 5.02 Å². The van der Waals surface area contributed by atoms with E-state index in [1.165, 1.54) is 6.07 Å². The number of hydrogen-bond donors (Lipinski definition) is 1. The first-order chi connectivity index (χ1) is 11.5. The summed E-state index contributed by atoms with van der Waals surface area (Å²) in [6.45, 7) is 2.83. The fourth-order valence-electron chi connectivity index (χ4n) is 3.19. The molecule has 2 aromatic carbocycles. The highest BCUT2D eigenvalue weighted by atomic mass is 35.5. The third-order valence-corrected chi connectivity index (χ3v) is 4.62. The zero-order valence-electron chi connectivity index (χ0n) is 13.0. The molecule has 24 heavy (non-hydrogen) atoms. The maximum Gasteiger partial charge on any atom is 0.416 e. The highest BCUT2D eigenvalue weighted by Crippen LogP contribution is 2.40. The Labute approximate surface area is 144 Å². The van der Waals surface area contributed by atoms with Crippen LogP contribution in [-0.4, -0.2) is 31.1 Å². The van der Waals surface area contributed by atoms with Gasteiger partial charge >= 0.3 is 6.18 Å². The molecule has 2 aromatic rings. The number of piperazine rings is 1. The molecule has 0 saturated carbocycles. The lowest BCUT2D eigenvalue weighted by atomic mass is 9.92. The lowest BCUT2D eigenvalue weighted by Crippen LogP contribution is -2.45. The number of alkyl halides is 3. The number of nitrogens with one attached hydrogen (secondary N) is 1. The smallest absolute Gasteiger partial charge is 0.314 e. The number of benzene rings is 2. The molecular weight excluding hydrogens is 337 g/mol. The van der Waals surface area contributed by atoms with Crippen LogP contribution in [0, 0.1) is 0 Å². The Morgan fingerprint density at radius 1 is 0.917 bits per heavy atom. The van der Waals surface area contributed by atoms with Crippen molar-refractivity contribution >= 4 is 11.6 Å². The van der Waals surface area contributed by atoms with E-state index < -0.39 is 17.8 Å². The van der Waals surface area contributed by atoms with Gasteiger partial charge in [-0.25, -0.2) is 0 Å². The molecule has 1 heterocycles. The maximum absolute atomic E-state index is 13.5. The highest BCUT2D eigenvalue weighted by molar-refractivity contribution is 6.31. The average molecular weight is 355 g/mol. The van der Waals surface area contributed by atoms with Gasteiger partial charge < -0.3 is 5.32 Å². The molecule has 1 N–H and O–H groups in total. The molecule has 128 valence electrons. The van der Waals surface area contributed by atoms with Gasteiger partial charge in [0, 0.05) is 31.2 Å². The van der Waals surface area contributed by atoms with Crippen LogP contribution >= 0.6 is 11.6 Å². The molecule has 1 aliphatic rings. The number of rotatable bonds is 3. The molecule has 0 amide bonds. The first-order valence-electron chi connectivity index (χ1n) is 7.84. The topological polar surface area (TPSA) is 15.3 Å². The summed E-state index contributed by atoms with van der Waals surface area (Å²) in [7, 11) is 0. The van der Waals surface area contributed by atoms with E-state index in [0.717, 1.165) is 19.2 Å². The quantitative estimate of drug-likeness (QED) is 0.881. The lowest BCUT2D eigenvalue weighted by molar-refractivity contribution is -0.138. The third kappa shape index (κ3) is 3.58. The molecule has 1 fully saturated rings. The van der Waals surface area contributed by atoms with Crippen molar-refractivity contribution in [2.24, 2.45) is 0 Å². The summed E-state index contributed by atoms with van der Waals surface area (Å²) in [6, 6.07) is 12.4. The lowest BCUT2D eigenvalue weighted by Gasteiger charge is -2.37. The Hall–Kier alpha value is -1.56. The molecule has 1 aliphatic heterocycles. The van der Waals surface area contributed by atoms with Crippen LogP contribution in [0.4, 0.5) is 13.2 Å². The van der Waals surface area contributed by atoms with Gasteiger partial charge in [0.15, 0.2) is 0 Å². The normalized spacial score (nSPS) is 17.7. The Balaban J connectivity index is 2.14. The van der Waals surface area contributed by atoms with Crippen LogP contribution in [0.1, 0.15) is 22.7 Å². The van der Waals surface area contributed by atoms with Gasteiger partial charge in [0.2, 0.25) is 0 Å². The SMILES string of the molecule is FC(F)(F)c1ccccc1C(c1ccccc1Cl)N1CCNCC1. The molecule has 0 aliphatic carbocycles. The van der Waals surface area contributed by atoms with E-state index in [4.69, 9.17) is 11.6 Å². The Morgan fingerprint density at radius 2 is 1.50 bits per heavy atom. The van der Waals surface area contributed by atoms with Gasteiger partial charge in [-0.05, 0) is 23.3 Å². The van der Waals surface area contributed by atoms with Crippen molar-refractivity contribution in [3.05, 3.63) is 70.2 Å². The largest absolute Gasteiger partial charge is 0.416 e. The van der Waals surface area contributed by atoms with Gasteiger partial charge in [-0.1, -0.05) is 48.0 Å². The van der Waals surface area contributed by atoms with Crippen molar-refractivity contribution in [2.75, 3.05) is 26.2 Å². The molecule has 0 radical (unpaired) electrons. The van der Waals surface area contributed by atoms with E-state index in [-0.39, 0.29) is 5.56 Å². The van der Waals surface area contributed by atoms with Crippen molar-refractivity contribution in [1.29, 1.82) is 0 Å². The van der Waals surface area contributed by atoms with E-state index in [0.29, 0.717) is 23.7 Å². The molecule has 2 nitrogen and oxygen atoms in total. The monoisotopic (exact) mass is 354 g/mol. The van der Waals surface area contributed by atoms with E-state index in [1.54, 1.807) is 24.3 Å². The van der Waals surface area contributed by atoms with Crippen LogP contribution in [0.5, 0.6) is 0 Å². The summed E-state index contributed by atoms with van der Waals surface area (Å²) in [5, 5.41) is 3.72. The first-order valence-corrected chi connectivity index (χ1v) is 8.21. The van der Waals surface area contributed by atoms with Crippen LogP contribution in [0.15, 0.2) is 48.5 Å². The minimum Gasteiger partial charge on any atom is -0.314 e. The number of nitrogens with zero attached hydrogens (tertiary/aromatic N) is 1. The van der Waals surface area contributed by atoms with Crippen molar-refractivity contribution in [1.82, 2.24) is 10.2 Å². The standard InChI is InChI=1S/C18H18ClF3N2/c19-16-8-4-2-6-14(16)17(24-11-9-23-10-12-24)13-5-1-3-7-15(13)18(20,21)22/h1-8,17,23H,9-12H2. The Kier molecular flexibility index (Phi) is 5.13. The Morgan fingerprint density at radius 3 is 2.12 bits per heavy atom. The summed E-state index contributed by atoms with van der Waals surface area (Å²) in [5.41, 5.74) is 0.353. The predicted molar refractivity (Wildman–Crippen MR) is 89.2 cm³/mol. The van der Waals surface area contributed by atoms with Gasteiger partial charge in [-0.15, -0.1) is 0 Å². The second-order valence-electron chi connectivity index (χ2n) is 5.80. The van der Waals surface area contributed by atoms with Gasteiger partial charge in [-0.2, -0.15) is 13.2 Å². The number of halogens is 4. The predicted octanol–water partition coefficient (Wildman–Crippen LogP) is 4.35. The van der Waals surface area contributed by atoms with Crippen LogP contribution in [0.3, 0.4) is 0 Å². The van der Waals surface area contributed by atoms with Gasteiger partial charge in [-0.3, -0.25) is 4.90 Å². The average Bonchev–Trinajstić information content (AvgIpc) is 2.57. The highest BCUT2D eigenvalue weighted by Gasteiger charge is 2.37. The van der Waals surface area contributed by atoms with Gasteiger partial charge in [0.05, 0.1) is 11.6 Å². The molecule has 0 aromatic heterocycles. The molecule has 1 unspecified atom stereocenters. The van der Waals surface area contributed by atoms with Crippen molar-refractivity contribution in [2.45, 2.75) is 12.2 Å². The summed E-state index contributed by atoms with van der Waals surface area (Å²) in [5.74, 6) is 0. The molecule has 0 bridgehead atoms. The van der Waals surface area contributed by atoms with Crippen molar-refractivity contribution < 1.29 is 13.2 Å². The third-order valence-electron chi connectivity index (χ3n) is 4.28. The zero-order chi connectivity index (χ0) is 17.2. The van der Waals surface area contributed by atoms with E-state index >= 15 is 0 Å². The van der Waals surface area contributed by atoms with Gasteiger partial charge in [0.1, 0.15) is 0 Å². The van der Waals surface area contributed by atoms with E-state index in [9.17, 15) is 13.2 Å². The zero-order valence-corrected chi connectivity index (χ0v) is 13.7. The van der Waals surface area contributed by atoms with Crippen LogP contribution < -0.4 is 5.32 Å². The van der Waals surface area contributed by atoms with E-state index in [1.807, 2.05) is 12.1 Å². The summed E-state index contributed by atoms with van der Waals surface area (Å²) >= 11 is 6.33.